The van der Waals surface area contributed by atoms with Gasteiger partial charge in [-0.15, -0.1) is 0 Å². The van der Waals surface area contributed by atoms with E-state index in [2.05, 4.69) is 38.1 Å². The van der Waals surface area contributed by atoms with Gasteiger partial charge >= 0.3 is 0 Å². The van der Waals surface area contributed by atoms with E-state index in [1.54, 1.807) is 5.56 Å². The molecule has 1 aromatic rings. The van der Waals surface area contributed by atoms with Crippen LogP contribution >= 0.6 is 0 Å². The average Bonchev–Trinajstić information content (AvgIpc) is 3.01. The molecule has 3 aliphatic rings. The van der Waals surface area contributed by atoms with Crippen LogP contribution in [-0.4, -0.2) is 0 Å². The van der Waals surface area contributed by atoms with Gasteiger partial charge in [-0.05, 0) is 73.7 Å². The topological polar surface area (TPSA) is 0 Å². The van der Waals surface area contributed by atoms with Crippen molar-refractivity contribution in [1.82, 2.24) is 0 Å². The highest BCUT2D eigenvalue weighted by Crippen LogP contribution is 2.64. The second kappa shape index (κ2) is 3.85. The third-order valence-corrected chi connectivity index (χ3v) is 6.50. The van der Waals surface area contributed by atoms with E-state index in [-0.39, 0.29) is 0 Å². The minimum absolute atomic E-state index is 0.871. The molecule has 0 amide bonds. The predicted molar refractivity (Wildman–Crippen MR) is 75.5 cm³/mol. The Balaban J connectivity index is 1.57. The van der Waals surface area contributed by atoms with Crippen LogP contribution in [0.3, 0.4) is 0 Å². The van der Waals surface area contributed by atoms with Gasteiger partial charge in [0.2, 0.25) is 0 Å². The summed E-state index contributed by atoms with van der Waals surface area (Å²) >= 11 is 0. The van der Waals surface area contributed by atoms with Crippen molar-refractivity contribution in [1.29, 1.82) is 0 Å². The Kier molecular flexibility index (Phi) is 2.37. The van der Waals surface area contributed by atoms with Gasteiger partial charge in [-0.1, -0.05) is 36.8 Å². The van der Waals surface area contributed by atoms with E-state index in [9.17, 15) is 0 Å². The van der Waals surface area contributed by atoms with Gasteiger partial charge < -0.3 is 0 Å². The third-order valence-electron chi connectivity index (χ3n) is 6.50. The fraction of sp³-hybridized carbons (Fsp3) is 0.667. The van der Waals surface area contributed by atoms with E-state index < -0.39 is 0 Å². The highest BCUT2D eigenvalue weighted by atomic mass is 14.6. The molecule has 0 spiro atoms. The Morgan fingerprint density at radius 2 is 1.39 bits per heavy atom. The van der Waals surface area contributed by atoms with Crippen molar-refractivity contribution in [3.63, 3.8) is 0 Å². The number of aryl methyl sites for hydroxylation is 1. The van der Waals surface area contributed by atoms with Crippen LogP contribution in [0.1, 0.15) is 49.7 Å². The number of hydrogen-bond acceptors (Lipinski definition) is 0. The van der Waals surface area contributed by atoms with Gasteiger partial charge in [0.05, 0.1) is 0 Å². The van der Waals surface area contributed by atoms with Crippen molar-refractivity contribution in [3.8, 4) is 0 Å². The number of benzene rings is 1. The lowest BCUT2D eigenvalue weighted by atomic mass is 9.82. The van der Waals surface area contributed by atoms with E-state index in [1.807, 2.05) is 0 Å². The van der Waals surface area contributed by atoms with Gasteiger partial charge in [0.15, 0.2) is 0 Å². The first kappa shape index (κ1) is 11.1. The van der Waals surface area contributed by atoms with E-state index >= 15 is 0 Å². The molecule has 96 valence electrons. The summed E-state index contributed by atoms with van der Waals surface area (Å²) in [4.78, 5) is 0. The Morgan fingerprint density at radius 3 is 1.94 bits per heavy atom. The normalized spacial score (nSPS) is 45.4. The van der Waals surface area contributed by atoms with Crippen molar-refractivity contribution >= 4 is 0 Å². The molecule has 4 rings (SSSR count). The summed E-state index contributed by atoms with van der Waals surface area (Å²) in [5, 5.41) is 0. The van der Waals surface area contributed by atoms with Crippen molar-refractivity contribution in [2.24, 2.45) is 29.6 Å². The quantitative estimate of drug-likeness (QED) is 0.662. The molecule has 0 N–H and O–H groups in total. The molecule has 3 aliphatic carbocycles. The second-order valence-electron chi connectivity index (χ2n) is 7.17. The van der Waals surface area contributed by atoms with Gasteiger partial charge in [0.25, 0.3) is 0 Å². The minimum Gasteiger partial charge on any atom is -0.0620 e. The molecule has 18 heavy (non-hydrogen) atoms. The molecular formula is C18H24. The smallest absolute Gasteiger partial charge is 0.0156 e. The van der Waals surface area contributed by atoms with Crippen LogP contribution in [0.4, 0.5) is 0 Å². The van der Waals surface area contributed by atoms with Crippen LogP contribution in [0.5, 0.6) is 0 Å². The van der Waals surface area contributed by atoms with Gasteiger partial charge in [-0.25, -0.2) is 0 Å². The molecule has 1 aromatic carbocycles. The van der Waals surface area contributed by atoms with Crippen LogP contribution in [0.2, 0.25) is 0 Å². The largest absolute Gasteiger partial charge is 0.0620 e. The molecule has 0 saturated heterocycles. The Bertz CT molecular complexity index is 424. The zero-order chi connectivity index (χ0) is 12.3. The molecule has 0 aliphatic heterocycles. The van der Waals surface area contributed by atoms with E-state index in [0.29, 0.717) is 0 Å². The van der Waals surface area contributed by atoms with Gasteiger partial charge in [-0.2, -0.15) is 0 Å². The standard InChI is InChI=1S/C18H24/c1-11-3-5-13(6-4-11)14-9-17-15-7-8-16(12(15)2)18(17)10-14/h3-6,12,14-18H,7-10H2,1-2H3. The van der Waals surface area contributed by atoms with E-state index in [0.717, 1.165) is 35.5 Å². The van der Waals surface area contributed by atoms with Gasteiger partial charge in [-0.3, -0.25) is 0 Å². The Hall–Kier alpha value is -0.780. The zero-order valence-electron chi connectivity index (χ0n) is 11.6. The molecule has 0 radical (unpaired) electrons. The molecule has 4 atom stereocenters. The predicted octanol–water partition coefficient (Wildman–Crippen LogP) is 4.78. The van der Waals surface area contributed by atoms with Crippen LogP contribution in [-0.2, 0) is 0 Å². The maximum Gasteiger partial charge on any atom is -0.0156 e. The van der Waals surface area contributed by atoms with Crippen molar-refractivity contribution in [2.45, 2.75) is 45.4 Å². The SMILES string of the molecule is Cc1ccc(C2CC3C4CCC(C4C)C3C2)cc1. The molecule has 0 aromatic heterocycles. The molecule has 3 fully saturated rings. The first-order valence-corrected chi connectivity index (χ1v) is 7.80. The average molecular weight is 240 g/mol. The lowest BCUT2D eigenvalue weighted by Crippen LogP contribution is -2.15. The lowest BCUT2D eigenvalue weighted by Gasteiger charge is -2.23. The molecule has 0 heteroatoms. The molecule has 4 unspecified atom stereocenters. The summed E-state index contributed by atoms with van der Waals surface area (Å²) in [5.74, 6) is 6.22. The first-order chi connectivity index (χ1) is 8.74. The number of rotatable bonds is 1. The van der Waals surface area contributed by atoms with Crippen molar-refractivity contribution in [3.05, 3.63) is 35.4 Å². The van der Waals surface area contributed by atoms with E-state index in [4.69, 9.17) is 0 Å². The fourth-order valence-electron chi connectivity index (χ4n) is 5.63. The summed E-state index contributed by atoms with van der Waals surface area (Å²) in [5.41, 5.74) is 3.01. The van der Waals surface area contributed by atoms with Crippen molar-refractivity contribution < 1.29 is 0 Å². The molecule has 0 heterocycles. The highest BCUT2D eigenvalue weighted by molar-refractivity contribution is 5.26. The van der Waals surface area contributed by atoms with Crippen LogP contribution in [0.25, 0.3) is 0 Å². The van der Waals surface area contributed by atoms with Crippen LogP contribution in [0.15, 0.2) is 24.3 Å². The molecule has 3 saturated carbocycles. The Morgan fingerprint density at radius 1 is 0.833 bits per heavy atom. The summed E-state index contributed by atoms with van der Waals surface area (Å²) in [7, 11) is 0. The van der Waals surface area contributed by atoms with Crippen molar-refractivity contribution in [2.75, 3.05) is 0 Å². The summed E-state index contributed by atoms with van der Waals surface area (Å²) < 4.78 is 0. The summed E-state index contributed by atoms with van der Waals surface area (Å²) in [6.45, 7) is 4.72. The van der Waals surface area contributed by atoms with Crippen LogP contribution < -0.4 is 0 Å². The molecule has 0 nitrogen and oxygen atoms in total. The first-order valence-electron chi connectivity index (χ1n) is 7.80. The van der Waals surface area contributed by atoms with Gasteiger partial charge in [0, 0.05) is 0 Å². The van der Waals surface area contributed by atoms with Gasteiger partial charge in [0.1, 0.15) is 0 Å². The lowest BCUT2D eigenvalue weighted by molar-refractivity contribution is 0.259. The molecule has 2 bridgehead atoms. The Labute approximate surface area is 111 Å². The van der Waals surface area contributed by atoms with Crippen LogP contribution in [0, 0.1) is 36.5 Å². The minimum atomic E-state index is 0.871. The molecular weight excluding hydrogens is 216 g/mol. The maximum atomic E-state index is 2.53. The summed E-state index contributed by atoms with van der Waals surface area (Å²) in [6, 6.07) is 9.35. The second-order valence-corrected chi connectivity index (χ2v) is 7.17. The fourth-order valence-corrected chi connectivity index (χ4v) is 5.63. The monoisotopic (exact) mass is 240 g/mol. The zero-order valence-corrected chi connectivity index (χ0v) is 11.6. The number of hydrogen-bond donors (Lipinski definition) is 0. The van der Waals surface area contributed by atoms with E-state index in [1.165, 1.54) is 31.2 Å². The number of fused-ring (bicyclic) bond motifs is 5. The highest BCUT2D eigenvalue weighted by Gasteiger charge is 2.55. The summed E-state index contributed by atoms with van der Waals surface area (Å²) in [6.07, 6.45) is 6.04. The third kappa shape index (κ3) is 1.44. The maximum absolute atomic E-state index is 2.53.